The number of hydrogen-bond acceptors (Lipinski definition) is 4. The van der Waals surface area contributed by atoms with Crippen molar-refractivity contribution in [2.75, 3.05) is 6.61 Å². The molecule has 1 rings (SSSR count). The van der Waals surface area contributed by atoms with Crippen molar-refractivity contribution in [3.8, 4) is 0 Å². The van der Waals surface area contributed by atoms with E-state index in [4.69, 9.17) is 9.84 Å². The Balaban J connectivity index is 2.73. The molecule has 1 N–H and O–H groups in total. The highest BCUT2D eigenvalue weighted by atomic mass is 32.1. The van der Waals surface area contributed by atoms with E-state index in [2.05, 4.69) is 4.98 Å². The maximum absolute atomic E-state index is 10.6. The van der Waals surface area contributed by atoms with Gasteiger partial charge >= 0.3 is 5.97 Å². The lowest BCUT2D eigenvalue weighted by Crippen LogP contribution is -2.13. The van der Waals surface area contributed by atoms with Gasteiger partial charge in [0, 0.05) is 12.8 Å². The molecule has 0 fully saturated rings. The Morgan fingerprint density at radius 2 is 2.67 bits per heavy atom. The van der Waals surface area contributed by atoms with Gasteiger partial charge in [0.05, 0.1) is 10.4 Å². The Morgan fingerprint density at radius 1 is 1.92 bits per heavy atom. The quantitative estimate of drug-likeness (QED) is 0.772. The number of hydrogen-bond donors (Lipinski definition) is 1. The van der Waals surface area contributed by atoms with Crippen molar-refractivity contribution in [1.82, 2.24) is 4.98 Å². The lowest BCUT2D eigenvalue weighted by Gasteiger charge is -2.08. The normalized spacial score (nSPS) is 12.8. The van der Waals surface area contributed by atoms with Crippen LogP contribution < -0.4 is 0 Å². The third-order valence-electron chi connectivity index (χ3n) is 1.27. The van der Waals surface area contributed by atoms with Crippen molar-refractivity contribution >= 4 is 17.3 Å². The van der Waals surface area contributed by atoms with E-state index in [1.807, 2.05) is 0 Å². The van der Waals surface area contributed by atoms with Gasteiger partial charge < -0.3 is 9.84 Å². The number of carboxylic acids is 1. The molecule has 0 spiro atoms. The highest BCUT2D eigenvalue weighted by molar-refractivity contribution is 7.09. The van der Waals surface area contributed by atoms with Gasteiger partial charge in [0.1, 0.15) is 0 Å². The van der Waals surface area contributed by atoms with Gasteiger partial charge in [0.25, 0.3) is 0 Å². The zero-order valence-electron chi connectivity index (χ0n) is 6.56. The lowest BCUT2D eigenvalue weighted by atomic mass is 10.3. The number of nitrogens with zero attached hydrogens (tertiary/aromatic N) is 1. The van der Waals surface area contributed by atoms with E-state index in [0.29, 0.717) is 11.5 Å². The molecule has 0 aliphatic rings. The Hall–Kier alpha value is -0.940. The second-order valence-corrected chi connectivity index (χ2v) is 3.00. The van der Waals surface area contributed by atoms with Crippen molar-refractivity contribution in [3.05, 3.63) is 16.6 Å². The average molecular weight is 187 g/mol. The summed E-state index contributed by atoms with van der Waals surface area (Å²) in [4.78, 5) is 15.1. The first kappa shape index (κ1) is 9.15. The Kier molecular flexibility index (Phi) is 3.19. The van der Waals surface area contributed by atoms with E-state index in [1.165, 1.54) is 17.5 Å². The number of aromatic nitrogens is 1. The van der Waals surface area contributed by atoms with Crippen molar-refractivity contribution in [3.63, 3.8) is 0 Å². The fraction of sp³-hybridized carbons (Fsp3) is 0.429. The van der Waals surface area contributed by atoms with Crippen LogP contribution in [0.2, 0.25) is 0 Å². The molecule has 12 heavy (non-hydrogen) atoms. The third-order valence-corrected chi connectivity index (χ3v) is 2.09. The molecule has 0 saturated heterocycles. The summed E-state index contributed by atoms with van der Waals surface area (Å²) >= 11 is 1.28. The molecule has 0 bridgehead atoms. The molecule has 1 aromatic heterocycles. The minimum atomic E-state index is -0.971. The lowest BCUT2D eigenvalue weighted by molar-refractivity contribution is -0.150. The fourth-order valence-corrected chi connectivity index (χ4v) is 1.45. The van der Waals surface area contributed by atoms with Crippen molar-refractivity contribution in [2.45, 2.75) is 13.0 Å². The predicted molar refractivity (Wildman–Crippen MR) is 44.1 cm³/mol. The van der Waals surface area contributed by atoms with Crippen LogP contribution in [0.3, 0.4) is 0 Å². The van der Waals surface area contributed by atoms with Crippen LogP contribution >= 0.6 is 11.3 Å². The minimum Gasteiger partial charge on any atom is -0.479 e. The smallest absolute Gasteiger partial charge is 0.338 e. The molecule has 1 unspecified atom stereocenters. The van der Waals surface area contributed by atoms with Crippen molar-refractivity contribution in [2.24, 2.45) is 0 Å². The molecule has 0 amide bonds. The van der Waals surface area contributed by atoms with Gasteiger partial charge in [-0.2, -0.15) is 0 Å². The van der Waals surface area contributed by atoms with Crippen LogP contribution in [0.25, 0.3) is 0 Å². The highest BCUT2D eigenvalue weighted by Crippen LogP contribution is 2.20. The molecule has 4 nitrogen and oxygen atoms in total. The molecule has 0 saturated carbocycles. The van der Waals surface area contributed by atoms with E-state index >= 15 is 0 Å². The van der Waals surface area contributed by atoms with Crippen LogP contribution in [0.15, 0.2) is 11.7 Å². The van der Waals surface area contributed by atoms with Crippen LogP contribution in [0, 0.1) is 0 Å². The fourth-order valence-electron chi connectivity index (χ4n) is 0.797. The molecule has 1 aromatic rings. The number of thiazole rings is 1. The summed E-state index contributed by atoms with van der Waals surface area (Å²) < 4.78 is 5.02. The molecule has 0 radical (unpaired) electrons. The molecule has 1 atom stereocenters. The van der Waals surface area contributed by atoms with Crippen LogP contribution in [-0.2, 0) is 9.53 Å². The van der Waals surface area contributed by atoms with Gasteiger partial charge in [-0.25, -0.2) is 4.79 Å². The van der Waals surface area contributed by atoms with Gasteiger partial charge in [0.15, 0.2) is 6.10 Å². The first-order valence-electron chi connectivity index (χ1n) is 3.48. The van der Waals surface area contributed by atoms with E-state index < -0.39 is 12.1 Å². The molecule has 0 aliphatic heterocycles. The summed E-state index contributed by atoms with van der Waals surface area (Å²) in [7, 11) is 0. The van der Waals surface area contributed by atoms with Gasteiger partial charge in [-0.15, -0.1) is 11.3 Å². The summed E-state index contributed by atoms with van der Waals surface area (Å²) in [6.45, 7) is 2.14. The van der Waals surface area contributed by atoms with Crippen LogP contribution in [0.1, 0.15) is 17.9 Å². The minimum absolute atomic E-state index is 0.384. The maximum atomic E-state index is 10.6. The van der Waals surface area contributed by atoms with Gasteiger partial charge in [0.2, 0.25) is 0 Å². The third kappa shape index (κ3) is 2.02. The largest absolute Gasteiger partial charge is 0.479 e. The van der Waals surface area contributed by atoms with Crippen LogP contribution in [0.4, 0.5) is 0 Å². The van der Waals surface area contributed by atoms with E-state index in [-0.39, 0.29) is 0 Å². The zero-order valence-corrected chi connectivity index (χ0v) is 7.37. The Morgan fingerprint density at radius 3 is 3.08 bits per heavy atom. The molecular formula is C7H9NO3S. The predicted octanol–water partition coefficient (Wildman–Crippen LogP) is 1.31. The van der Waals surface area contributed by atoms with E-state index in [1.54, 1.807) is 12.4 Å². The van der Waals surface area contributed by atoms with Crippen LogP contribution in [-0.4, -0.2) is 22.7 Å². The summed E-state index contributed by atoms with van der Waals surface area (Å²) in [6, 6.07) is 0. The number of ether oxygens (including phenoxy) is 1. The summed E-state index contributed by atoms with van der Waals surface area (Å²) in [6.07, 6.45) is 0.654. The molecule has 1 heterocycles. The van der Waals surface area contributed by atoms with E-state index in [0.717, 1.165) is 0 Å². The summed E-state index contributed by atoms with van der Waals surface area (Å²) in [5.74, 6) is -0.971. The highest BCUT2D eigenvalue weighted by Gasteiger charge is 2.20. The Bertz CT molecular complexity index is 247. The van der Waals surface area contributed by atoms with Gasteiger partial charge in [-0.3, -0.25) is 4.98 Å². The molecule has 5 heteroatoms. The standard InChI is InChI=1S/C7H9NO3S/c1-2-11-6(7(9)10)5-3-8-4-12-5/h3-4,6H,2H2,1H3,(H,9,10). The van der Waals surface area contributed by atoms with Gasteiger partial charge in [-0.05, 0) is 6.92 Å². The monoisotopic (exact) mass is 187 g/mol. The second kappa shape index (κ2) is 4.18. The van der Waals surface area contributed by atoms with Crippen molar-refractivity contribution in [1.29, 1.82) is 0 Å². The maximum Gasteiger partial charge on any atom is 0.338 e. The molecule has 66 valence electrons. The van der Waals surface area contributed by atoms with Crippen molar-refractivity contribution < 1.29 is 14.6 Å². The zero-order chi connectivity index (χ0) is 8.97. The topological polar surface area (TPSA) is 59.4 Å². The SMILES string of the molecule is CCOC(C(=O)O)c1cncs1. The first-order valence-corrected chi connectivity index (χ1v) is 4.36. The summed E-state index contributed by atoms with van der Waals surface area (Å²) in [5, 5.41) is 8.73. The molecule has 0 aromatic carbocycles. The Labute approximate surface area is 73.8 Å². The number of rotatable bonds is 4. The number of aliphatic carboxylic acids is 1. The molecular weight excluding hydrogens is 178 g/mol. The van der Waals surface area contributed by atoms with Crippen LogP contribution in [0.5, 0.6) is 0 Å². The summed E-state index contributed by atoms with van der Waals surface area (Å²) in [5.41, 5.74) is 1.59. The number of carbonyl (C=O) groups is 1. The second-order valence-electron chi connectivity index (χ2n) is 2.08. The average Bonchev–Trinajstić information content (AvgIpc) is 2.51. The first-order chi connectivity index (χ1) is 5.75. The van der Waals surface area contributed by atoms with Gasteiger partial charge in [-0.1, -0.05) is 0 Å². The van der Waals surface area contributed by atoms with E-state index in [9.17, 15) is 4.79 Å². The number of carboxylic acid groups (broad SMARTS) is 1. The molecule has 0 aliphatic carbocycles.